The second-order valence-electron chi connectivity index (χ2n) is 7.80. The van der Waals surface area contributed by atoms with Gasteiger partial charge in [-0.3, -0.25) is 0 Å². The monoisotopic (exact) mass is 390 g/mol. The van der Waals surface area contributed by atoms with E-state index in [2.05, 4.69) is 56.3 Å². The van der Waals surface area contributed by atoms with Crippen LogP contribution in [-0.2, 0) is 6.42 Å². The molecule has 0 bridgehead atoms. The number of hydrogen-bond donors (Lipinski definition) is 0. The van der Waals surface area contributed by atoms with E-state index < -0.39 is 0 Å². The molecule has 3 aromatic carbocycles. The van der Waals surface area contributed by atoms with Gasteiger partial charge in [0.25, 0.3) is 0 Å². The summed E-state index contributed by atoms with van der Waals surface area (Å²) < 4.78 is 14.5. The van der Waals surface area contributed by atoms with Gasteiger partial charge in [-0.25, -0.2) is 4.39 Å². The highest BCUT2D eigenvalue weighted by Gasteiger charge is 2.21. The first-order valence-corrected chi connectivity index (χ1v) is 10.2. The molecule has 0 amide bonds. The van der Waals surface area contributed by atoms with Crippen LogP contribution in [0.1, 0.15) is 51.8 Å². The number of benzene rings is 3. The van der Waals surface area contributed by atoms with E-state index >= 15 is 0 Å². The van der Waals surface area contributed by atoms with Gasteiger partial charge in [-0.2, -0.15) is 0 Å². The summed E-state index contributed by atoms with van der Waals surface area (Å²) in [5.41, 5.74) is 10.1. The fraction of sp³-hybridized carbons (Fsp3) is 0.231. The molecule has 1 aliphatic carbocycles. The minimum absolute atomic E-state index is 0.244. The third-order valence-electron chi connectivity index (χ3n) is 5.67. The number of allylic oxidation sites excluding steroid dienone is 1. The van der Waals surface area contributed by atoms with Gasteiger partial charge >= 0.3 is 0 Å². The van der Waals surface area contributed by atoms with Crippen LogP contribution < -0.4 is 0 Å². The lowest BCUT2D eigenvalue weighted by molar-refractivity contribution is 0.618. The van der Waals surface area contributed by atoms with Gasteiger partial charge in [0.1, 0.15) is 5.82 Å². The normalized spacial score (nSPS) is 14.0. The Morgan fingerprint density at radius 3 is 2.21 bits per heavy atom. The van der Waals surface area contributed by atoms with Gasteiger partial charge in [0.05, 0.1) is 0 Å². The molecule has 28 heavy (non-hydrogen) atoms. The van der Waals surface area contributed by atoms with Crippen molar-refractivity contribution in [2.45, 2.75) is 40.0 Å². The fourth-order valence-electron chi connectivity index (χ4n) is 4.07. The first kappa shape index (κ1) is 19.0. The summed E-state index contributed by atoms with van der Waals surface area (Å²) in [5.74, 6) is -0.244. The molecule has 1 aliphatic rings. The first-order valence-electron chi connectivity index (χ1n) is 9.80. The molecule has 0 atom stereocenters. The lowest BCUT2D eigenvalue weighted by atomic mass is 9.87. The van der Waals surface area contributed by atoms with E-state index in [1.54, 1.807) is 13.0 Å². The van der Waals surface area contributed by atoms with Crippen molar-refractivity contribution in [3.05, 3.63) is 104 Å². The molecule has 3 aromatic rings. The van der Waals surface area contributed by atoms with Gasteiger partial charge in [0.15, 0.2) is 0 Å². The number of fused-ring (bicyclic) bond motifs is 1. The van der Waals surface area contributed by atoms with Crippen molar-refractivity contribution in [3.8, 4) is 0 Å². The largest absolute Gasteiger partial charge is 0.207 e. The van der Waals surface area contributed by atoms with Crippen molar-refractivity contribution in [1.29, 1.82) is 0 Å². The van der Waals surface area contributed by atoms with Gasteiger partial charge in [0.2, 0.25) is 0 Å². The van der Waals surface area contributed by atoms with E-state index in [1.807, 2.05) is 6.07 Å². The standard InChI is InChI=1S/C26H24ClF/c1-16-7-10-19(11-8-16)26-22(21-14-24(27)18(3)25(28)15-21)6-4-5-20-13-17(2)9-12-23(20)26/h7-15H,4-6H2,1-3H3. The summed E-state index contributed by atoms with van der Waals surface area (Å²) in [6.45, 7) is 5.96. The van der Waals surface area contributed by atoms with Crippen molar-refractivity contribution >= 4 is 22.7 Å². The second-order valence-corrected chi connectivity index (χ2v) is 8.21. The van der Waals surface area contributed by atoms with Crippen LogP contribution in [0.4, 0.5) is 4.39 Å². The molecule has 0 aromatic heterocycles. The maximum Gasteiger partial charge on any atom is 0.128 e. The van der Waals surface area contributed by atoms with E-state index in [1.165, 1.54) is 39.0 Å². The fourth-order valence-corrected chi connectivity index (χ4v) is 4.28. The molecule has 142 valence electrons. The molecular formula is C26H24ClF. The summed E-state index contributed by atoms with van der Waals surface area (Å²) in [6, 6.07) is 18.9. The predicted octanol–water partition coefficient (Wildman–Crippen LogP) is 7.70. The number of halogens is 2. The van der Waals surface area contributed by atoms with Crippen LogP contribution in [0, 0.1) is 26.6 Å². The molecule has 0 saturated carbocycles. The van der Waals surface area contributed by atoms with Crippen LogP contribution in [0.15, 0.2) is 54.6 Å². The molecule has 0 unspecified atom stereocenters. The maximum atomic E-state index is 14.5. The first-order chi connectivity index (χ1) is 13.4. The summed E-state index contributed by atoms with van der Waals surface area (Å²) in [5, 5.41) is 0.485. The molecule has 0 aliphatic heterocycles. The molecular weight excluding hydrogens is 367 g/mol. The molecule has 0 saturated heterocycles. The SMILES string of the molecule is Cc1ccc(C2=C(c3cc(F)c(C)c(Cl)c3)CCCc3cc(C)ccc32)cc1. The highest BCUT2D eigenvalue weighted by Crippen LogP contribution is 2.41. The minimum atomic E-state index is -0.244. The van der Waals surface area contributed by atoms with Crippen molar-refractivity contribution in [2.75, 3.05) is 0 Å². The summed E-state index contributed by atoms with van der Waals surface area (Å²) in [6.07, 6.45) is 2.96. The third-order valence-corrected chi connectivity index (χ3v) is 6.07. The van der Waals surface area contributed by atoms with Crippen LogP contribution >= 0.6 is 11.6 Å². The van der Waals surface area contributed by atoms with Crippen LogP contribution in [0.2, 0.25) is 5.02 Å². The van der Waals surface area contributed by atoms with Crippen molar-refractivity contribution in [1.82, 2.24) is 0 Å². The minimum Gasteiger partial charge on any atom is -0.207 e. The third kappa shape index (κ3) is 3.52. The molecule has 0 N–H and O–H groups in total. The Morgan fingerprint density at radius 2 is 1.50 bits per heavy atom. The molecule has 0 nitrogen and oxygen atoms in total. The zero-order valence-electron chi connectivity index (χ0n) is 16.6. The zero-order chi connectivity index (χ0) is 19.8. The Labute approximate surface area is 171 Å². The Kier molecular flexibility index (Phi) is 5.12. The Bertz CT molecular complexity index is 1050. The number of hydrogen-bond acceptors (Lipinski definition) is 0. The lowest BCUT2D eigenvalue weighted by Crippen LogP contribution is -1.98. The van der Waals surface area contributed by atoms with E-state index in [4.69, 9.17) is 11.6 Å². The number of aryl methyl sites for hydroxylation is 3. The summed E-state index contributed by atoms with van der Waals surface area (Å²) in [4.78, 5) is 0. The lowest BCUT2D eigenvalue weighted by Gasteiger charge is -2.18. The van der Waals surface area contributed by atoms with Crippen molar-refractivity contribution < 1.29 is 4.39 Å². The average molecular weight is 391 g/mol. The van der Waals surface area contributed by atoms with Crippen molar-refractivity contribution in [3.63, 3.8) is 0 Å². The highest BCUT2D eigenvalue weighted by atomic mass is 35.5. The molecule has 0 radical (unpaired) electrons. The van der Waals surface area contributed by atoms with Gasteiger partial charge in [-0.05, 0) is 85.6 Å². The molecule has 0 fully saturated rings. The van der Waals surface area contributed by atoms with Crippen LogP contribution in [0.5, 0.6) is 0 Å². The quantitative estimate of drug-likeness (QED) is 0.420. The van der Waals surface area contributed by atoms with Crippen LogP contribution in [-0.4, -0.2) is 0 Å². The molecule has 0 spiro atoms. The predicted molar refractivity (Wildman–Crippen MR) is 117 cm³/mol. The Hall–Kier alpha value is -2.38. The smallest absolute Gasteiger partial charge is 0.128 e. The Morgan fingerprint density at radius 1 is 0.786 bits per heavy atom. The van der Waals surface area contributed by atoms with Gasteiger partial charge < -0.3 is 0 Å². The van der Waals surface area contributed by atoms with Crippen LogP contribution in [0.3, 0.4) is 0 Å². The van der Waals surface area contributed by atoms with Gasteiger partial charge in [-0.15, -0.1) is 0 Å². The molecule has 4 rings (SSSR count). The topological polar surface area (TPSA) is 0 Å². The maximum absolute atomic E-state index is 14.5. The molecule has 2 heteroatoms. The summed E-state index contributed by atoms with van der Waals surface area (Å²) >= 11 is 6.35. The highest BCUT2D eigenvalue weighted by molar-refractivity contribution is 6.31. The molecule has 0 heterocycles. The Balaban J connectivity index is 2.03. The average Bonchev–Trinajstić information content (AvgIpc) is 2.85. The second kappa shape index (κ2) is 7.56. The summed E-state index contributed by atoms with van der Waals surface area (Å²) in [7, 11) is 0. The van der Waals surface area contributed by atoms with E-state index in [-0.39, 0.29) is 5.82 Å². The van der Waals surface area contributed by atoms with Gasteiger partial charge in [-0.1, -0.05) is 65.2 Å². The van der Waals surface area contributed by atoms with Crippen molar-refractivity contribution in [2.24, 2.45) is 0 Å². The zero-order valence-corrected chi connectivity index (χ0v) is 17.3. The van der Waals surface area contributed by atoms with E-state index in [0.29, 0.717) is 10.6 Å². The van der Waals surface area contributed by atoms with E-state index in [9.17, 15) is 4.39 Å². The van der Waals surface area contributed by atoms with Crippen LogP contribution in [0.25, 0.3) is 11.1 Å². The van der Waals surface area contributed by atoms with E-state index in [0.717, 1.165) is 24.8 Å². The number of rotatable bonds is 2. The van der Waals surface area contributed by atoms with Gasteiger partial charge in [0, 0.05) is 10.6 Å².